The fourth-order valence-electron chi connectivity index (χ4n) is 4.42. The van der Waals surface area contributed by atoms with Crippen molar-refractivity contribution in [2.75, 3.05) is 0 Å². The smallest absolute Gasteiger partial charge is 0.166 e. The summed E-state index contributed by atoms with van der Waals surface area (Å²) in [5.41, 5.74) is 1.23. The quantitative estimate of drug-likeness (QED) is 0.465. The summed E-state index contributed by atoms with van der Waals surface area (Å²) >= 11 is 6.05. The van der Waals surface area contributed by atoms with Crippen molar-refractivity contribution in [3.63, 3.8) is 0 Å². The van der Waals surface area contributed by atoms with Crippen molar-refractivity contribution in [3.05, 3.63) is 70.2 Å². The maximum Gasteiger partial charge on any atom is 0.417 e. The zero-order valence-electron chi connectivity index (χ0n) is 15.4. The number of alkyl halides is 3. The van der Waals surface area contributed by atoms with Crippen LogP contribution in [0, 0.1) is 5.92 Å². The number of rotatable bonds is 6. The van der Waals surface area contributed by atoms with Gasteiger partial charge < -0.3 is 0 Å². The van der Waals surface area contributed by atoms with Gasteiger partial charge in [-0.2, -0.15) is 13.2 Å². The van der Waals surface area contributed by atoms with Crippen LogP contribution < -0.4 is 0 Å². The van der Waals surface area contributed by atoms with E-state index in [1.54, 1.807) is 6.07 Å². The van der Waals surface area contributed by atoms with Gasteiger partial charge in [0.1, 0.15) is 0 Å². The molecule has 0 saturated heterocycles. The number of halogens is 4. The van der Waals surface area contributed by atoms with Crippen LogP contribution in [0.5, 0.6) is 0 Å². The molecule has 146 valence electrons. The third kappa shape index (κ3) is 5.28. The Morgan fingerprint density at radius 2 is 1.63 bits per heavy atom. The molecule has 0 bridgehead atoms. The fourth-order valence-corrected chi connectivity index (χ4v) is 4.74. The molecule has 0 amide bonds. The van der Waals surface area contributed by atoms with Crippen LogP contribution in [0.2, 0.25) is 5.02 Å². The van der Waals surface area contributed by atoms with Gasteiger partial charge in [-0.3, -0.25) is 0 Å². The van der Waals surface area contributed by atoms with E-state index >= 15 is 0 Å². The maximum atomic E-state index is 13.1. The standard InChI is InChI=1S/C23H26ClF3/c24-22-19(14-8-16-21(22)23(25,26)27)13-7-15-20(17-9-3-1-4-10-17)18-11-5-2-6-12-18/h1,3-4,8-10,14,16,18,20H,2,5-7,11-13,15H2. The summed E-state index contributed by atoms with van der Waals surface area (Å²) in [7, 11) is 0. The van der Waals surface area contributed by atoms with Gasteiger partial charge in [0.2, 0.25) is 0 Å². The van der Waals surface area contributed by atoms with Gasteiger partial charge in [0.25, 0.3) is 0 Å². The third-order valence-corrected chi connectivity index (χ3v) is 6.24. The highest BCUT2D eigenvalue weighted by Crippen LogP contribution is 2.40. The topological polar surface area (TPSA) is 0 Å². The molecule has 2 aromatic rings. The van der Waals surface area contributed by atoms with Crippen molar-refractivity contribution < 1.29 is 13.2 Å². The Bertz CT molecular complexity index is 718. The van der Waals surface area contributed by atoms with E-state index in [4.69, 9.17) is 11.6 Å². The summed E-state index contributed by atoms with van der Waals surface area (Å²) in [5, 5.41) is -0.140. The highest BCUT2D eigenvalue weighted by molar-refractivity contribution is 6.32. The van der Waals surface area contributed by atoms with Gasteiger partial charge in [-0.1, -0.05) is 73.3 Å². The molecule has 0 aromatic heterocycles. The first-order valence-corrected chi connectivity index (χ1v) is 10.2. The van der Waals surface area contributed by atoms with Gasteiger partial charge in [-0.15, -0.1) is 0 Å². The lowest BCUT2D eigenvalue weighted by Crippen LogP contribution is -2.17. The Labute approximate surface area is 164 Å². The summed E-state index contributed by atoms with van der Waals surface area (Å²) in [6, 6.07) is 14.8. The molecule has 1 aliphatic rings. The molecule has 1 saturated carbocycles. The first-order chi connectivity index (χ1) is 13.0. The molecule has 1 atom stereocenters. The van der Waals surface area contributed by atoms with Gasteiger partial charge in [-0.05, 0) is 61.1 Å². The first kappa shape index (κ1) is 20.3. The number of hydrogen-bond acceptors (Lipinski definition) is 0. The Hall–Kier alpha value is -1.48. The second-order valence-electron chi connectivity index (χ2n) is 7.58. The lowest BCUT2D eigenvalue weighted by Gasteiger charge is -2.31. The minimum atomic E-state index is -4.40. The Morgan fingerprint density at radius 1 is 0.926 bits per heavy atom. The SMILES string of the molecule is FC(F)(F)c1cccc(CCCC(c2ccccc2)C2CCCCC2)c1Cl. The molecular formula is C23H26ClF3. The zero-order valence-corrected chi connectivity index (χ0v) is 16.2. The molecule has 1 fully saturated rings. The molecule has 1 aliphatic carbocycles. The van der Waals surface area contributed by atoms with Crippen LogP contribution in [-0.2, 0) is 12.6 Å². The van der Waals surface area contributed by atoms with Crippen molar-refractivity contribution in [1.29, 1.82) is 0 Å². The van der Waals surface area contributed by atoms with Crippen LogP contribution >= 0.6 is 11.6 Å². The molecule has 0 spiro atoms. The molecule has 0 aliphatic heterocycles. The van der Waals surface area contributed by atoms with Crippen molar-refractivity contribution in [3.8, 4) is 0 Å². The molecule has 0 heterocycles. The molecule has 27 heavy (non-hydrogen) atoms. The fraction of sp³-hybridized carbons (Fsp3) is 0.478. The largest absolute Gasteiger partial charge is 0.417 e. The summed E-state index contributed by atoms with van der Waals surface area (Å²) in [4.78, 5) is 0. The van der Waals surface area contributed by atoms with E-state index in [0.29, 0.717) is 23.8 Å². The molecule has 0 N–H and O–H groups in total. The number of aryl methyl sites for hydroxylation is 1. The predicted octanol–water partition coefficient (Wildman–Crippen LogP) is 8.05. The van der Waals surface area contributed by atoms with E-state index < -0.39 is 11.7 Å². The van der Waals surface area contributed by atoms with Crippen molar-refractivity contribution >= 4 is 11.6 Å². The molecule has 3 rings (SSSR count). The van der Waals surface area contributed by atoms with E-state index in [1.807, 2.05) is 6.07 Å². The average Bonchev–Trinajstić information content (AvgIpc) is 2.67. The van der Waals surface area contributed by atoms with Crippen LogP contribution in [0.1, 0.15) is 67.6 Å². The van der Waals surface area contributed by atoms with E-state index in [9.17, 15) is 13.2 Å². The predicted molar refractivity (Wildman–Crippen MR) is 105 cm³/mol. The van der Waals surface area contributed by atoms with Crippen LogP contribution in [0.3, 0.4) is 0 Å². The van der Waals surface area contributed by atoms with Gasteiger partial charge in [0.05, 0.1) is 10.6 Å². The Balaban J connectivity index is 1.69. The molecule has 1 unspecified atom stereocenters. The molecule has 0 nitrogen and oxygen atoms in total. The minimum Gasteiger partial charge on any atom is -0.166 e. The summed E-state index contributed by atoms with van der Waals surface area (Å²) in [6.07, 6.45) is 4.41. The molecular weight excluding hydrogens is 369 g/mol. The summed E-state index contributed by atoms with van der Waals surface area (Å²) in [5.74, 6) is 1.16. The highest BCUT2D eigenvalue weighted by Gasteiger charge is 2.33. The van der Waals surface area contributed by atoms with Gasteiger partial charge in [0, 0.05) is 0 Å². The average molecular weight is 395 g/mol. The van der Waals surface area contributed by atoms with Crippen LogP contribution in [0.25, 0.3) is 0 Å². The molecule has 0 radical (unpaired) electrons. The van der Waals surface area contributed by atoms with Gasteiger partial charge >= 0.3 is 6.18 Å². The Morgan fingerprint density at radius 3 is 2.30 bits per heavy atom. The number of hydrogen-bond donors (Lipinski definition) is 0. The molecule has 4 heteroatoms. The van der Waals surface area contributed by atoms with E-state index in [-0.39, 0.29) is 5.02 Å². The third-order valence-electron chi connectivity index (χ3n) is 5.79. The van der Waals surface area contributed by atoms with Crippen molar-refractivity contribution in [2.45, 2.75) is 63.5 Å². The molecule has 2 aromatic carbocycles. The van der Waals surface area contributed by atoms with E-state index in [1.165, 1.54) is 43.7 Å². The lowest BCUT2D eigenvalue weighted by atomic mass is 9.74. The van der Waals surface area contributed by atoms with E-state index in [2.05, 4.69) is 24.3 Å². The summed E-state index contributed by atoms with van der Waals surface area (Å²) in [6.45, 7) is 0. The van der Waals surface area contributed by atoms with Crippen LogP contribution in [0.4, 0.5) is 13.2 Å². The second kappa shape index (κ2) is 9.14. The second-order valence-corrected chi connectivity index (χ2v) is 7.96. The van der Waals surface area contributed by atoms with Crippen LogP contribution in [-0.4, -0.2) is 0 Å². The normalized spacial score (nSPS) is 17.0. The van der Waals surface area contributed by atoms with Gasteiger partial charge in [-0.25, -0.2) is 0 Å². The monoisotopic (exact) mass is 394 g/mol. The first-order valence-electron chi connectivity index (χ1n) is 9.86. The highest BCUT2D eigenvalue weighted by atomic mass is 35.5. The van der Waals surface area contributed by atoms with Crippen molar-refractivity contribution in [1.82, 2.24) is 0 Å². The summed E-state index contributed by atoms with van der Waals surface area (Å²) < 4.78 is 39.2. The van der Waals surface area contributed by atoms with Crippen molar-refractivity contribution in [2.24, 2.45) is 5.92 Å². The van der Waals surface area contributed by atoms with Crippen LogP contribution in [0.15, 0.2) is 48.5 Å². The van der Waals surface area contributed by atoms with E-state index in [0.717, 1.165) is 18.9 Å². The zero-order chi connectivity index (χ0) is 19.3. The lowest BCUT2D eigenvalue weighted by molar-refractivity contribution is -0.137. The number of benzene rings is 2. The Kier molecular flexibility index (Phi) is 6.86. The maximum absolute atomic E-state index is 13.1. The van der Waals surface area contributed by atoms with Gasteiger partial charge in [0.15, 0.2) is 0 Å². The minimum absolute atomic E-state index is 0.140.